The molecule has 0 radical (unpaired) electrons. The molecule has 1 saturated heterocycles. The van der Waals surface area contributed by atoms with E-state index in [0.717, 1.165) is 19.3 Å². The summed E-state index contributed by atoms with van der Waals surface area (Å²) in [7, 11) is 0. The van der Waals surface area contributed by atoms with Crippen LogP contribution in [0.3, 0.4) is 0 Å². The zero-order valence-corrected chi connectivity index (χ0v) is 13.2. The van der Waals surface area contributed by atoms with Gasteiger partial charge in [-0.1, -0.05) is 19.8 Å². The number of aliphatic carboxylic acids is 1. The van der Waals surface area contributed by atoms with Gasteiger partial charge in [-0.3, -0.25) is 4.90 Å². The molecule has 2 amide bonds. The van der Waals surface area contributed by atoms with Gasteiger partial charge in [0.25, 0.3) is 0 Å². The standard InChI is InChI=1S/C14H24N2O4S/c1-2-12-16(11(9-21-12)13(17)18)14(19)15-7-8-20-10-5-3-4-6-10/h10-12H,2-9H2,1H3,(H,15,19)(H,17,18). The van der Waals surface area contributed by atoms with Crippen molar-refractivity contribution in [3.05, 3.63) is 0 Å². The number of amides is 2. The normalized spacial score (nSPS) is 26.2. The van der Waals surface area contributed by atoms with Crippen molar-refractivity contribution in [1.29, 1.82) is 0 Å². The van der Waals surface area contributed by atoms with Crippen molar-refractivity contribution >= 4 is 23.8 Å². The Morgan fingerprint density at radius 3 is 2.71 bits per heavy atom. The molecule has 0 bridgehead atoms. The Morgan fingerprint density at radius 2 is 2.10 bits per heavy atom. The summed E-state index contributed by atoms with van der Waals surface area (Å²) in [5, 5.41) is 11.9. The van der Waals surface area contributed by atoms with Crippen molar-refractivity contribution in [3.63, 3.8) is 0 Å². The van der Waals surface area contributed by atoms with Crippen LogP contribution in [-0.2, 0) is 9.53 Å². The van der Waals surface area contributed by atoms with Crippen molar-refractivity contribution in [2.45, 2.75) is 56.5 Å². The minimum absolute atomic E-state index is 0.0538. The van der Waals surface area contributed by atoms with Crippen LogP contribution in [0.4, 0.5) is 4.79 Å². The Kier molecular flexibility index (Phi) is 6.17. The molecule has 0 aromatic carbocycles. The summed E-state index contributed by atoms with van der Waals surface area (Å²) >= 11 is 1.53. The number of hydrogen-bond donors (Lipinski definition) is 2. The molecule has 2 atom stereocenters. The molecule has 2 aliphatic rings. The first-order valence-corrected chi connectivity index (χ1v) is 8.70. The number of carbonyl (C=O) groups is 2. The van der Waals surface area contributed by atoms with Gasteiger partial charge in [-0.2, -0.15) is 0 Å². The molecule has 120 valence electrons. The topological polar surface area (TPSA) is 78.9 Å². The molecule has 2 N–H and O–H groups in total. The van der Waals surface area contributed by atoms with Crippen LogP contribution in [0.2, 0.25) is 0 Å². The number of carboxylic acid groups (broad SMARTS) is 1. The molecular formula is C14H24N2O4S. The first kappa shape index (κ1) is 16.4. The Hall–Kier alpha value is -0.950. The molecule has 1 aliphatic heterocycles. The molecule has 1 heterocycles. The van der Waals surface area contributed by atoms with Crippen molar-refractivity contribution in [2.75, 3.05) is 18.9 Å². The molecular weight excluding hydrogens is 292 g/mol. The highest BCUT2D eigenvalue weighted by atomic mass is 32.2. The average Bonchev–Trinajstić information content (AvgIpc) is 3.11. The molecule has 6 nitrogen and oxygen atoms in total. The number of urea groups is 1. The van der Waals surface area contributed by atoms with Crippen LogP contribution in [0.15, 0.2) is 0 Å². The van der Waals surface area contributed by atoms with E-state index in [1.807, 2.05) is 6.92 Å². The van der Waals surface area contributed by atoms with Gasteiger partial charge in [-0.25, -0.2) is 9.59 Å². The molecule has 2 rings (SSSR count). The maximum Gasteiger partial charge on any atom is 0.327 e. The molecule has 2 fully saturated rings. The number of nitrogens with one attached hydrogen (secondary N) is 1. The van der Waals surface area contributed by atoms with Crippen LogP contribution >= 0.6 is 11.8 Å². The number of carbonyl (C=O) groups excluding carboxylic acids is 1. The average molecular weight is 316 g/mol. The summed E-state index contributed by atoms with van der Waals surface area (Å²) in [6.07, 6.45) is 5.74. The molecule has 21 heavy (non-hydrogen) atoms. The van der Waals surface area contributed by atoms with Crippen LogP contribution in [0.25, 0.3) is 0 Å². The summed E-state index contributed by atoms with van der Waals surface area (Å²) in [5.74, 6) is -0.476. The second-order valence-corrected chi connectivity index (χ2v) is 6.68. The second-order valence-electron chi connectivity index (χ2n) is 5.47. The number of nitrogens with zero attached hydrogens (tertiary/aromatic N) is 1. The first-order chi connectivity index (χ1) is 10.1. The number of hydrogen-bond acceptors (Lipinski definition) is 4. The van der Waals surface area contributed by atoms with Crippen LogP contribution in [0.1, 0.15) is 39.0 Å². The van der Waals surface area contributed by atoms with Gasteiger partial charge in [-0.15, -0.1) is 11.8 Å². The van der Waals surface area contributed by atoms with Gasteiger partial charge in [0.15, 0.2) is 0 Å². The van der Waals surface area contributed by atoms with Crippen LogP contribution < -0.4 is 5.32 Å². The number of ether oxygens (including phenoxy) is 1. The Balaban J connectivity index is 1.75. The lowest BCUT2D eigenvalue weighted by Gasteiger charge is -2.26. The van der Waals surface area contributed by atoms with Gasteiger partial charge in [0.1, 0.15) is 6.04 Å². The molecule has 0 aromatic rings. The maximum absolute atomic E-state index is 12.2. The fourth-order valence-corrected chi connectivity index (χ4v) is 4.22. The van der Waals surface area contributed by atoms with Crippen molar-refractivity contribution in [3.8, 4) is 0 Å². The van der Waals surface area contributed by atoms with E-state index in [1.165, 1.54) is 29.5 Å². The Bertz CT molecular complexity index is 374. The number of thioether (sulfide) groups is 1. The molecule has 7 heteroatoms. The predicted molar refractivity (Wildman–Crippen MR) is 81.4 cm³/mol. The van der Waals surface area contributed by atoms with Gasteiger partial charge >= 0.3 is 12.0 Å². The highest BCUT2D eigenvalue weighted by Crippen LogP contribution is 2.31. The first-order valence-electron chi connectivity index (χ1n) is 7.65. The molecule has 0 aromatic heterocycles. The smallest absolute Gasteiger partial charge is 0.327 e. The summed E-state index contributed by atoms with van der Waals surface area (Å²) in [4.78, 5) is 24.9. The number of rotatable bonds is 6. The lowest BCUT2D eigenvalue weighted by Crippen LogP contribution is -2.50. The van der Waals surface area contributed by atoms with Crippen molar-refractivity contribution in [1.82, 2.24) is 10.2 Å². The largest absolute Gasteiger partial charge is 0.480 e. The quantitative estimate of drug-likeness (QED) is 0.732. The van der Waals surface area contributed by atoms with E-state index >= 15 is 0 Å². The molecule has 0 spiro atoms. The Labute approximate surface area is 129 Å². The minimum atomic E-state index is -0.934. The fourth-order valence-electron chi connectivity index (χ4n) is 2.87. The number of carboxylic acids is 1. The van der Waals surface area contributed by atoms with E-state index in [1.54, 1.807) is 0 Å². The third-order valence-corrected chi connectivity index (χ3v) is 5.45. The van der Waals surface area contributed by atoms with E-state index in [-0.39, 0.29) is 11.4 Å². The van der Waals surface area contributed by atoms with Crippen LogP contribution in [-0.4, -0.2) is 58.4 Å². The van der Waals surface area contributed by atoms with Gasteiger partial charge in [0, 0.05) is 12.3 Å². The van der Waals surface area contributed by atoms with Crippen LogP contribution in [0.5, 0.6) is 0 Å². The summed E-state index contributed by atoms with van der Waals surface area (Å²) in [6, 6.07) is -1.02. The predicted octanol–water partition coefficient (Wildman–Crippen LogP) is 1.89. The van der Waals surface area contributed by atoms with Crippen molar-refractivity contribution in [2.24, 2.45) is 0 Å². The summed E-state index contributed by atoms with van der Waals surface area (Å²) in [5.41, 5.74) is 0. The molecule has 1 aliphatic carbocycles. The third kappa shape index (κ3) is 4.26. The second kappa shape index (κ2) is 7.89. The maximum atomic E-state index is 12.2. The van der Waals surface area contributed by atoms with Gasteiger partial charge < -0.3 is 15.2 Å². The van der Waals surface area contributed by atoms with Gasteiger partial charge in [0.05, 0.1) is 18.1 Å². The van der Waals surface area contributed by atoms with E-state index in [9.17, 15) is 14.7 Å². The molecule has 1 saturated carbocycles. The monoisotopic (exact) mass is 316 g/mol. The van der Waals surface area contributed by atoms with E-state index in [4.69, 9.17) is 4.74 Å². The zero-order valence-electron chi connectivity index (χ0n) is 12.4. The lowest BCUT2D eigenvalue weighted by molar-refractivity contribution is -0.141. The summed E-state index contributed by atoms with van der Waals surface area (Å²) in [6.45, 7) is 2.89. The Morgan fingerprint density at radius 1 is 1.38 bits per heavy atom. The highest BCUT2D eigenvalue weighted by molar-refractivity contribution is 8.00. The third-order valence-electron chi connectivity index (χ3n) is 4.00. The molecule has 2 unspecified atom stereocenters. The van der Waals surface area contributed by atoms with Crippen molar-refractivity contribution < 1.29 is 19.4 Å². The summed E-state index contributed by atoms with van der Waals surface area (Å²) < 4.78 is 5.69. The lowest BCUT2D eigenvalue weighted by atomic mass is 10.3. The fraction of sp³-hybridized carbons (Fsp3) is 0.857. The van der Waals surface area contributed by atoms with E-state index < -0.39 is 12.0 Å². The highest BCUT2D eigenvalue weighted by Gasteiger charge is 2.40. The van der Waals surface area contributed by atoms with Gasteiger partial charge in [-0.05, 0) is 19.3 Å². The van der Waals surface area contributed by atoms with Gasteiger partial charge in [0.2, 0.25) is 0 Å². The van der Waals surface area contributed by atoms with E-state index in [2.05, 4.69) is 5.32 Å². The minimum Gasteiger partial charge on any atom is -0.480 e. The SMILES string of the molecule is CCC1SCC(C(=O)O)N1C(=O)NCCOC1CCCC1. The van der Waals surface area contributed by atoms with Crippen LogP contribution in [0, 0.1) is 0 Å². The zero-order chi connectivity index (χ0) is 15.2. The van der Waals surface area contributed by atoms with E-state index in [0.29, 0.717) is 25.0 Å².